The number of nitrogens with zero attached hydrogens (tertiary/aromatic N) is 2. The summed E-state index contributed by atoms with van der Waals surface area (Å²) in [6.07, 6.45) is 6.11. The second-order valence-electron chi connectivity index (χ2n) is 7.49. The van der Waals surface area contributed by atoms with E-state index in [1.54, 1.807) is 19.1 Å². The largest absolute Gasteiger partial charge is 0.497 e. The number of hydrogen-bond donors (Lipinski definition) is 2. The van der Waals surface area contributed by atoms with Crippen LogP contribution >= 0.6 is 0 Å². The molecule has 150 valence electrons. The molecule has 1 aromatic carbocycles. The Balaban J connectivity index is 1.79. The van der Waals surface area contributed by atoms with Gasteiger partial charge in [0.25, 0.3) is 0 Å². The van der Waals surface area contributed by atoms with Crippen molar-refractivity contribution in [1.29, 1.82) is 0 Å². The number of amides is 1. The van der Waals surface area contributed by atoms with Crippen LogP contribution in [-0.2, 0) is 11.2 Å². The van der Waals surface area contributed by atoms with E-state index in [0.29, 0.717) is 6.54 Å². The lowest BCUT2D eigenvalue weighted by Crippen LogP contribution is -2.49. The minimum Gasteiger partial charge on any atom is -0.497 e. The number of aryl methyl sites for hydroxylation is 1. The molecule has 2 N–H and O–H groups in total. The van der Waals surface area contributed by atoms with Gasteiger partial charge in [-0.25, -0.2) is 0 Å². The number of aliphatic imine (C=N–C) groups is 1. The first-order valence-electron chi connectivity index (χ1n) is 9.80. The third-order valence-electron chi connectivity index (χ3n) is 5.31. The molecule has 1 amide bonds. The van der Waals surface area contributed by atoms with E-state index in [1.807, 2.05) is 26.2 Å². The molecule has 6 nitrogen and oxygen atoms in total. The van der Waals surface area contributed by atoms with Gasteiger partial charge in [-0.15, -0.1) is 0 Å². The maximum absolute atomic E-state index is 12.7. The van der Waals surface area contributed by atoms with Gasteiger partial charge in [0, 0.05) is 34.2 Å². The maximum atomic E-state index is 12.7. The SMILES string of the molecule is CN=C(NCCCc1cccc(OC)c1)NCC1(C(=O)N(C)C)CCCC1. The highest BCUT2D eigenvalue weighted by Gasteiger charge is 2.42. The third kappa shape index (κ3) is 5.88. The molecule has 1 fully saturated rings. The smallest absolute Gasteiger partial charge is 0.230 e. The second-order valence-corrected chi connectivity index (χ2v) is 7.49. The molecule has 0 spiro atoms. The Labute approximate surface area is 163 Å². The zero-order valence-corrected chi connectivity index (χ0v) is 17.2. The van der Waals surface area contributed by atoms with E-state index in [1.165, 1.54) is 5.56 Å². The van der Waals surface area contributed by atoms with Gasteiger partial charge in [-0.2, -0.15) is 0 Å². The first-order chi connectivity index (χ1) is 13.0. The van der Waals surface area contributed by atoms with E-state index in [-0.39, 0.29) is 11.3 Å². The van der Waals surface area contributed by atoms with Crippen LogP contribution in [0.2, 0.25) is 0 Å². The topological polar surface area (TPSA) is 66.0 Å². The summed E-state index contributed by atoms with van der Waals surface area (Å²) in [6.45, 7) is 1.46. The monoisotopic (exact) mass is 374 g/mol. The molecule has 0 aromatic heterocycles. The Hall–Kier alpha value is -2.24. The van der Waals surface area contributed by atoms with Crippen molar-refractivity contribution < 1.29 is 9.53 Å². The number of nitrogens with one attached hydrogen (secondary N) is 2. The lowest BCUT2D eigenvalue weighted by molar-refractivity contribution is -0.138. The second kappa shape index (κ2) is 10.2. The Morgan fingerprint density at radius 3 is 2.63 bits per heavy atom. The van der Waals surface area contributed by atoms with Gasteiger partial charge in [-0.3, -0.25) is 9.79 Å². The van der Waals surface area contributed by atoms with Gasteiger partial charge >= 0.3 is 0 Å². The van der Waals surface area contributed by atoms with Gasteiger partial charge in [0.1, 0.15) is 5.75 Å². The van der Waals surface area contributed by atoms with Crippen LogP contribution in [0.1, 0.15) is 37.7 Å². The summed E-state index contributed by atoms with van der Waals surface area (Å²) in [5.41, 5.74) is 0.974. The predicted octanol–water partition coefficient (Wildman–Crippen LogP) is 2.44. The van der Waals surface area contributed by atoms with Gasteiger partial charge in [-0.05, 0) is 43.4 Å². The fourth-order valence-electron chi connectivity index (χ4n) is 3.79. The predicted molar refractivity (Wildman–Crippen MR) is 110 cm³/mol. The van der Waals surface area contributed by atoms with E-state index < -0.39 is 0 Å². The number of carbonyl (C=O) groups excluding carboxylic acids is 1. The van der Waals surface area contributed by atoms with Crippen molar-refractivity contribution in [2.75, 3.05) is 41.3 Å². The van der Waals surface area contributed by atoms with Gasteiger partial charge in [0.05, 0.1) is 12.5 Å². The lowest BCUT2D eigenvalue weighted by atomic mass is 9.84. The molecule has 0 saturated heterocycles. The highest BCUT2D eigenvalue weighted by Crippen LogP contribution is 2.38. The Morgan fingerprint density at radius 2 is 2.00 bits per heavy atom. The quantitative estimate of drug-likeness (QED) is 0.417. The summed E-state index contributed by atoms with van der Waals surface area (Å²) in [6, 6.07) is 8.17. The van der Waals surface area contributed by atoms with E-state index in [2.05, 4.69) is 27.8 Å². The van der Waals surface area contributed by atoms with Crippen molar-refractivity contribution in [3.05, 3.63) is 29.8 Å². The minimum absolute atomic E-state index is 0.223. The van der Waals surface area contributed by atoms with Gasteiger partial charge in [-0.1, -0.05) is 25.0 Å². The number of benzene rings is 1. The van der Waals surface area contributed by atoms with Gasteiger partial charge in [0.2, 0.25) is 5.91 Å². The molecular weight excluding hydrogens is 340 g/mol. The van der Waals surface area contributed by atoms with Crippen molar-refractivity contribution in [2.24, 2.45) is 10.4 Å². The zero-order chi connectivity index (χ0) is 19.7. The molecule has 1 aromatic rings. The number of carbonyl (C=O) groups is 1. The standard InChI is InChI=1S/C21H34N4O2/c1-22-20(23-14-8-10-17-9-7-11-18(15-17)27-4)24-16-21(12-5-6-13-21)19(26)25(2)3/h7,9,11,15H,5-6,8,10,12-14,16H2,1-4H3,(H2,22,23,24). The summed E-state index contributed by atoms with van der Waals surface area (Å²) in [5.74, 6) is 1.88. The van der Waals surface area contributed by atoms with Crippen LogP contribution in [0.4, 0.5) is 0 Å². The minimum atomic E-state index is -0.290. The van der Waals surface area contributed by atoms with Crippen LogP contribution in [-0.4, -0.2) is 58.1 Å². The van der Waals surface area contributed by atoms with Crippen LogP contribution in [0.25, 0.3) is 0 Å². The summed E-state index contributed by atoms with van der Waals surface area (Å²) < 4.78 is 5.27. The van der Waals surface area contributed by atoms with Crippen molar-refractivity contribution in [3.63, 3.8) is 0 Å². The molecule has 0 bridgehead atoms. The van der Waals surface area contributed by atoms with Crippen LogP contribution in [0.5, 0.6) is 5.75 Å². The summed E-state index contributed by atoms with van der Waals surface area (Å²) >= 11 is 0. The van der Waals surface area contributed by atoms with Crippen LogP contribution in [0.15, 0.2) is 29.3 Å². The van der Waals surface area contributed by atoms with Gasteiger partial charge < -0.3 is 20.3 Å². The highest BCUT2D eigenvalue weighted by molar-refractivity contribution is 5.85. The molecule has 0 atom stereocenters. The normalized spacial score (nSPS) is 16.1. The number of hydrogen-bond acceptors (Lipinski definition) is 3. The molecule has 0 radical (unpaired) electrons. The van der Waals surface area contributed by atoms with E-state index >= 15 is 0 Å². The van der Waals surface area contributed by atoms with Crippen molar-refractivity contribution in [2.45, 2.75) is 38.5 Å². The fraction of sp³-hybridized carbons (Fsp3) is 0.619. The number of methoxy groups -OCH3 is 1. The molecule has 1 aliphatic carbocycles. The number of rotatable bonds is 8. The van der Waals surface area contributed by atoms with Crippen LogP contribution in [0, 0.1) is 5.41 Å². The summed E-state index contributed by atoms with van der Waals surface area (Å²) in [5, 5.41) is 6.74. The lowest BCUT2D eigenvalue weighted by Gasteiger charge is -2.31. The van der Waals surface area contributed by atoms with Crippen molar-refractivity contribution in [1.82, 2.24) is 15.5 Å². The Kier molecular flexibility index (Phi) is 7.95. The number of guanidine groups is 1. The Bertz CT molecular complexity index is 637. The maximum Gasteiger partial charge on any atom is 0.230 e. The van der Waals surface area contributed by atoms with E-state index in [0.717, 1.165) is 56.8 Å². The molecule has 0 aliphatic heterocycles. The molecule has 1 aliphatic rings. The zero-order valence-electron chi connectivity index (χ0n) is 17.2. The summed E-state index contributed by atoms with van der Waals surface area (Å²) in [7, 11) is 7.14. The molecule has 6 heteroatoms. The molecule has 2 rings (SSSR count). The third-order valence-corrected chi connectivity index (χ3v) is 5.31. The highest BCUT2D eigenvalue weighted by atomic mass is 16.5. The molecule has 0 unspecified atom stereocenters. The number of ether oxygens (including phenoxy) is 1. The van der Waals surface area contributed by atoms with Crippen molar-refractivity contribution in [3.8, 4) is 5.75 Å². The average molecular weight is 375 g/mol. The Morgan fingerprint density at radius 1 is 1.26 bits per heavy atom. The average Bonchev–Trinajstić information content (AvgIpc) is 3.17. The van der Waals surface area contributed by atoms with Crippen LogP contribution < -0.4 is 15.4 Å². The molecule has 27 heavy (non-hydrogen) atoms. The van der Waals surface area contributed by atoms with E-state index in [9.17, 15) is 4.79 Å². The molecule has 0 heterocycles. The summed E-state index contributed by atoms with van der Waals surface area (Å²) in [4.78, 5) is 18.7. The fourth-order valence-corrected chi connectivity index (χ4v) is 3.79. The van der Waals surface area contributed by atoms with Crippen molar-refractivity contribution >= 4 is 11.9 Å². The van der Waals surface area contributed by atoms with E-state index in [4.69, 9.17) is 4.74 Å². The molecule has 1 saturated carbocycles. The van der Waals surface area contributed by atoms with Crippen LogP contribution in [0.3, 0.4) is 0 Å². The molecular formula is C21H34N4O2. The first kappa shape index (κ1) is 21.1. The van der Waals surface area contributed by atoms with Gasteiger partial charge in [0.15, 0.2) is 5.96 Å². The first-order valence-corrected chi connectivity index (χ1v) is 9.80.